The van der Waals surface area contributed by atoms with E-state index in [4.69, 9.17) is 18.8 Å². The van der Waals surface area contributed by atoms with Gasteiger partial charge in [0, 0.05) is 48.4 Å². The first-order valence-electron chi connectivity index (χ1n) is 15.8. The Morgan fingerprint density at radius 2 is 0.938 bits per heavy atom. The molecule has 6 heteroatoms. The Kier molecular flexibility index (Phi) is 5.98. The third-order valence-electron chi connectivity index (χ3n) is 8.91. The fourth-order valence-corrected chi connectivity index (χ4v) is 7.70. The van der Waals surface area contributed by atoms with Gasteiger partial charge >= 0.3 is 0 Å². The fraction of sp³-hybridized carbons (Fsp3) is 0. The molecule has 0 saturated heterocycles. The highest BCUT2D eigenvalue weighted by Crippen LogP contribution is 2.42. The Bertz CT molecular complexity index is 2610. The van der Waals surface area contributed by atoms with Crippen LogP contribution in [-0.4, -0.2) is 9.97 Å². The molecule has 226 valence electrons. The summed E-state index contributed by atoms with van der Waals surface area (Å²) in [4.78, 5) is 11.7. The van der Waals surface area contributed by atoms with Gasteiger partial charge in [-0.3, -0.25) is 0 Å². The molecule has 10 rings (SSSR count). The van der Waals surface area contributed by atoms with Crippen LogP contribution < -0.4 is 4.90 Å². The summed E-state index contributed by atoms with van der Waals surface area (Å²) >= 11 is 1.83. The molecule has 5 nitrogen and oxygen atoms in total. The van der Waals surface area contributed by atoms with Gasteiger partial charge in [0.05, 0.1) is 0 Å². The third-order valence-corrected chi connectivity index (χ3v) is 10.0. The van der Waals surface area contributed by atoms with Crippen molar-refractivity contribution >= 4 is 81.5 Å². The van der Waals surface area contributed by atoms with Crippen LogP contribution >= 0.6 is 11.3 Å². The number of fused-ring (bicyclic) bond motifs is 6. The lowest BCUT2D eigenvalue weighted by Gasteiger charge is -2.26. The fourth-order valence-electron chi connectivity index (χ4n) is 6.53. The van der Waals surface area contributed by atoms with E-state index >= 15 is 0 Å². The van der Waals surface area contributed by atoms with E-state index in [-0.39, 0.29) is 0 Å². The summed E-state index contributed by atoms with van der Waals surface area (Å²) in [7, 11) is 0. The zero-order valence-electron chi connectivity index (χ0n) is 25.5. The van der Waals surface area contributed by atoms with Gasteiger partial charge in [0.25, 0.3) is 0 Å². The van der Waals surface area contributed by atoms with Crippen LogP contribution in [0.1, 0.15) is 0 Å². The Balaban J connectivity index is 1.08. The van der Waals surface area contributed by atoms with Crippen LogP contribution in [0.4, 0.5) is 17.1 Å². The van der Waals surface area contributed by atoms with Crippen LogP contribution in [0.25, 0.3) is 76.1 Å². The Hall–Kier alpha value is -6.24. The van der Waals surface area contributed by atoms with Crippen molar-refractivity contribution in [1.82, 2.24) is 9.97 Å². The third kappa shape index (κ3) is 4.46. The van der Waals surface area contributed by atoms with E-state index in [1.807, 2.05) is 59.9 Å². The molecule has 0 saturated carbocycles. The van der Waals surface area contributed by atoms with Gasteiger partial charge in [-0.15, -0.1) is 11.3 Å². The second-order valence-corrected chi connectivity index (χ2v) is 13.0. The first kappa shape index (κ1) is 26.9. The molecule has 0 radical (unpaired) electrons. The highest BCUT2D eigenvalue weighted by molar-refractivity contribution is 7.25. The van der Waals surface area contributed by atoms with Crippen molar-refractivity contribution in [2.45, 2.75) is 0 Å². The molecule has 0 atom stereocenters. The van der Waals surface area contributed by atoms with E-state index in [0.29, 0.717) is 11.8 Å². The molecule has 0 amide bonds. The van der Waals surface area contributed by atoms with Crippen molar-refractivity contribution in [2.24, 2.45) is 0 Å². The van der Waals surface area contributed by atoms with Crippen LogP contribution in [-0.2, 0) is 0 Å². The van der Waals surface area contributed by atoms with Crippen LogP contribution in [0.3, 0.4) is 0 Å². The summed E-state index contributed by atoms with van der Waals surface area (Å²) in [5.74, 6) is 1.21. The standard InChI is InChI=1S/C42H25N3O2S/c1-2-8-29-24-39-34(23-28(29)7-1)33-22-21-32(25-40(33)48-39)45(30-17-13-26(14-18-30)41-43-35-9-3-5-11-37(35)46-41)31-19-15-27(16-20-31)42-44-36-10-4-6-12-38(36)47-42/h1-25H. The maximum Gasteiger partial charge on any atom is 0.227 e. The molecule has 0 unspecified atom stereocenters. The SMILES string of the molecule is c1ccc2cc3c(cc2c1)sc1cc(N(c2ccc(-c4nc5ccccc5o4)cc2)c2ccc(-c4nc5ccccc5o4)cc2)ccc13. The Morgan fingerprint density at radius 3 is 1.52 bits per heavy atom. The zero-order chi connectivity index (χ0) is 31.6. The number of aromatic nitrogens is 2. The first-order valence-corrected chi connectivity index (χ1v) is 16.6. The minimum atomic E-state index is 0.607. The Labute approximate surface area is 278 Å². The van der Waals surface area contributed by atoms with Gasteiger partial charge in [0.15, 0.2) is 11.2 Å². The van der Waals surface area contributed by atoms with Gasteiger partial charge in [-0.1, -0.05) is 54.6 Å². The summed E-state index contributed by atoms with van der Waals surface area (Å²) < 4.78 is 14.7. The quantitative estimate of drug-likeness (QED) is 0.188. The van der Waals surface area contributed by atoms with E-state index in [1.165, 1.54) is 30.9 Å². The van der Waals surface area contributed by atoms with Crippen molar-refractivity contribution in [3.63, 3.8) is 0 Å². The van der Waals surface area contributed by atoms with E-state index in [1.54, 1.807) is 0 Å². The Morgan fingerprint density at radius 1 is 0.438 bits per heavy atom. The van der Waals surface area contributed by atoms with Gasteiger partial charge in [0.2, 0.25) is 11.8 Å². The molecule has 10 aromatic rings. The topological polar surface area (TPSA) is 55.3 Å². The number of thiophene rings is 1. The van der Waals surface area contributed by atoms with Crippen LogP contribution in [0.15, 0.2) is 160 Å². The molecule has 0 aliphatic carbocycles. The minimum Gasteiger partial charge on any atom is -0.436 e. The lowest BCUT2D eigenvalue weighted by molar-refractivity contribution is 0.619. The molecular weight excluding hydrogens is 611 g/mol. The molecule has 0 bridgehead atoms. The lowest BCUT2D eigenvalue weighted by atomic mass is 10.1. The van der Waals surface area contributed by atoms with Gasteiger partial charge in [-0.05, 0) is 108 Å². The molecule has 3 heterocycles. The first-order chi connectivity index (χ1) is 23.7. The van der Waals surface area contributed by atoms with Crippen LogP contribution in [0.5, 0.6) is 0 Å². The summed E-state index contributed by atoms with van der Waals surface area (Å²) in [6.45, 7) is 0. The average Bonchev–Trinajstić information content (AvgIpc) is 3.86. The maximum absolute atomic E-state index is 6.07. The average molecular weight is 636 g/mol. The summed E-state index contributed by atoms with van der Waals surface area (Å²) in [5.41, 5.74) is 8.22. The predicted octanol–water partition coefficient (Wildman–Crippen LogP) is 12.3. The second kappa shape index (κ2) is 10.7. The summed E-state index contributed by atoms with van der Waals surface area (Å²) in [5, 5.41) is 5.07. The van der Waals surface area contributed by atoms with E-state index < -0.39 is 0 Å². The van der Waals surface area contributed by atoms with Crippen LogP contribution in [0, 0.1) is 0 Å². The molecule has 0 aliphatic heterocycles. The van der Waals surface area contributed by atoms with E-state index in [0.717, 1.165) is 50.4 Å². The normalized spacial score (nSPS) is 11.8. The molecule has 0 aliphatic rings. The van der Waals surface area contributed by atoms with Gasteiger partial charge in [-0.25, -0.2) is 9.97 Å². The van der Waals surface area contributed by atoms with Gasteiger partial charge in [0.1, 0.15) is 11.0 Å². The number of anilines is 3. The predicted molar refractivity (Wildman–Crippen MR) is 198 cm³/mol. The number of rotatable bonds is 5. The van der Waals surface area contributed by atoms with E-state index in [2.05, 4.69) is 108 Å². The monoisotopic (exact) mass is 635 g/mol. The lowest BCUT2D eigenvalue weighted by Crippen LogP contribution is -2.09. The van der Waals surface area contributed by atoms with Gasteiger partial charge in [-0.2, -0.15) is 0 Å². The van der Waals surface area contributed by atoms with Crippen molar-refractivity contribution in [3.05, 3.63) is 152 Å². The number of hydrogen-bond acceptors (Lipinski definition) is 6. The van der Waals surface area contributed by atoms with Crippen LogP contribution in [0.2, 0.25) is 0 Å². The number of para-hydroxylation sites is 4. The molecule has 48 heavy (non-hydrogen) atoms. The number of hydrogen-bond donors (Lipinski definition) is 0. The summed E-state index contributed by atoms with van der Waals surface area (Å²) in [6.07, 6.45) is 0. The van der Waals surface area contributed by atoms with Gasteiger partial charge < -0.3 is 13.7 Å². The molecule has 3 aromatic heterocycles. The molecule has 0 spiro atoms. The zero-order valence-corrected chi connectivity index (χ0v) is 26.3. The highest BCUT2D eigenvalue weighted by Gasteiger charge is 2.17. The largest absolute Gasteiger partial charge is 0.436 e. The number of nitrogens with zero attached hydrogens (tertiary/aromatic N) is 3. The smallest absolute Gasteiger partial charge is 0.227 e. The van der Waals surface area contributed by atoms with E-state index in [9.17, 15) is 0 Å². The molecule has 0 fully saturated rings. The molecule has 0 N–H and O–H groups in total. The maximum atomic E-state index is 6.07. The van der Waals surface area contributed by atoms with Crippen molar-refractivity contribution in [2.75, 3.05) is 4.90 Å². The molecule has 7 aromatic carbocycles. The highest BCUT2D eigenvalue weighted by atomic mass is 32.1. The minimum absolute atomic E-state index is 0.607. The summed E-state index contributed by atoms with van der Waals surface area (Å²) in [6, 6.07) is 52.4. The van der Waals surface area contributed by atoms with Crippen molar-refractivity contribution < 1.29 is 8.83 Å². The molecular formula is C42H25N3O2S. The van der Waals surface area contributed by atoms with Crippen molar-refractivity contribution in [3.8, 4) is 22.9 Å². The second-order valence-electron chi connectivity index (χ2n) is 11.9. The number of benzene rings is 7. The van der Waals surface area contributed by atoms with Crippen molar-refractivity contribution in [1.29, 1.82) is 0 Å². The number of oxazole rings is 2.